The first-order valence-electron chi connectivity index (χ1n) is 5.52. The van der Waals surface area contributed by atoms with E-state index in [2.05, 4.69) is 46.6 Å². The topological polar surface area (TPSA) is 3.24 Å². The van der Waals surface area contributed by atoms with Crippen molar-refractivity contribution in [2.24, 2.45) is 5.92 Å². The van der Waals surface area contributed by atoms with Crippen LogP contribution >= 0.6 is 0 Å². The molecule has 0 aromatic heterocycles. The molecule has 0 aromatic rings. The molecule has 0 saturated carbocycles. The average Bonchev–Trinajstić information content (AvgIpc) is 2.35. The molecule has 0 N–H and O–H groups in total. The lowest BCUT2D eigenvalue weighted by molar-refractivity contribution is 0.326. The Morgan fingerprint density at radius 1 is 1.00 bits per heavy atom. The van der Waals surface area contributed by atoms with Gasteiger partial charge in [0.2, 0.25) is 0 Å². The Morgan fingerprint density at radius 2 is 1.43 bits per heavy atom. The maximum Gasteiger partial charge on any atom is 0.0140 e. The van der Waals surface area contributed by atoms with Gasteiger partial charge in [0.15, 0.2) is 0 Å². The molecule has 0 atom stereocenters. The Kier molecular flexibility index (Phi) is 3.54. The molecule has 0 unspecified atom stereocenters. The third kappa shape index (κ3) is 1.93. The van der Waals surface area contributed by atoms with Crippen molar-refractivity contribution >= 4 is 0 Å². The molecule has 0 aliphatic heterocycles. The molecule has 1 aliphatic carbocycles. The summed E-state index contributed by atoms with van der Waals surface area (Å²) in [5, 5.41) is 0. The van der Waals surface area contributed by atoms with Crippen LogP contribution in [0.2, 0.25) is 0 Å². The summed E-state index contributed by atoms with van der Waals surface area (Å²) in [5.41, 5.74) is 6.16. The molecule has 0 heterocycles. The van der Waals surface area contributed by atoms with Crippen LogP contribution in [0.5, 0.6) is 0 Å². The molecule has 0 saturated heterocycles. The first-order valence-corrected chi connectivity index (χ1v) is 5.52. The summed E-state index contributed by atoms with van der Waals surface area (Å²) >= 11 is 0. The summed E-state index contributed by atoms with van der Waals surface area (Å²) in [6.45, 7) is 13.6. The van der Waals surface area contributed by atoms with E-state index in [1.54, 1.807) is 11.1 Å². The molecule has 0 amide bonds. The number of hydrogen-bond acceptors (Lipinski definition) is 1. The van der Waals surface area contributed by atoms with Gasteiger partial charge in [0.1, 0.15) is 0 Å². The average molecular weight is 193 g/mol. The van der Waals surface area contributed by atoms with Gasteiger partial charge in [0.25, 0.3) is 0 Å². The van der Waals surface area contributed by atoms with Crippen LogP contribution in [0.25, 0.3) is 0 Å². The van der Waals surface area contributed by atoms with Crippen LogP contribution in [0, 0.1) is 5.92 Å². The van der Waals surface area contributed by atoms with Crippen LogP contribution in [-0.4, -0.2) is 25.0 Å². The number of nitrogens with zero attached hydrogens (tertiary/aromatic N) is 1. The highest BCUT2D eigenvalue weighted by Gasteiger charge is 2.24. The summed E-state index contributed by atoms with van der Waals surface area (Å²) in [5.74, 6) is 0.667. The highest BCUT2D eigenvalue weighted by molar-refractivity contribution is 5.46. The Morgan fingerprint density at radius 3 is 1.79 bits per heavy atom. The van der Waals surface area contributed by atoms with E-state index < -0.39 is 0 Å². The van der Waals surface area contributed by atoms with Gasteiger partial charge in [0.05, 0.1) is 0 Å². The van der Waals surface area contributed by atoms with E-state index in [1.165, 1.54) is 17.7 Å². The Hall–Kier alpha value is -0.560. The minimum atomic E-state index is 0.667. The van der Waals surface area contributed by atoms with E-state index in [0.717, 1.165) is 6.54 Å². The van der Waals surface area contributed by atoms with Crippen molar-refractivity contribution in [3.8, 4) is 0 Å². The molecule has 80 valence electrons. The van der Waals surface area contributed by atoms with Crippen LogP contribution in [0.15, 0.2) is 22.3 Å². The minimum Gasteiger partial charge on any atom is -0.306 e. The van der Waals surface area contributed by atoms with Crippen molar-refractivity contribution in [1.29, 1.82) is 0 Å². The van der Waals surface area contributed by atoms with Gasteiger partial charge in [-0.3, -0.25) is 0 Å². The second-order valence-corrected chi connectivity index (χ2v) is 4.52. The van der Waals surface area contributed by atoms with Crippen molar-refractivity contribution < 1.29 is 0 Å². The van der Waals surface area contributed by atoms with Crippen molar-refractivity contribution in [3.63, 3.8) is 0 Å². The molecule has 0 spiro atoms. The van der Waals surface area contributed by atoms with E-state index in [0.29, 0.717) is 5.92 Å². The molecule has 1 heteroatoms. The van der Waals surface area contributed by atoms with Crippen molar-refractivity contribution in [2.75, 3.05) is 20.1 Å². The summed E-state index contributed by atoms with van der Waals surface area (Å²) in [4.78, 5) is 2.39. The Labute approximate surface area is 88.5 Å². The lowest BCUT2D eigenvalue weighted by Gasteiger charge is -2.22. The molecule has 14 heavy (non-hydrogen) atoms. The second kappa shape index (κ2) is 4.31. The van der Waals surface area contributed by atoms with Crippen LogP contribution in [0.1, 0.15) is 34.6 Å². The molecule has 0 radical (unpaired) electrons. The van der Waals surface area contributed by atoms with E-state index in [-0.39, 0.29) is 0 Å². The Balaban J connectivity index is 2.82. The van der Waals surface area contributed by atoms with Gasteiger partial charge in [-0.2, -0.15) is 0 Å². The van der Waals surface area contributed by atoms with E-state index in [9.17, 15) is 0 Å². The number of hydrogen-bond donors (Lipinski definition) is 0. The fourth-order valence-electron chi connectivity index (χ4n) is 2.15. The largest absolute Gasteiger partial charge is 0.306 e. The van der Waals surface area contributed by atoms with Gasteiger partial charge >= 0.3 is 0 Å². The van der Waals surface area contributed by atoms with Crippen LogP contribution in [0.4, 0.5) is 0 Å². The first-order chi connectivity index (χ1) is 6.49. The Bertz CT molecular complexity index is 260. The fraction of sp³-hybridized carbons (Fsp3) is 0.692. The zero-order chi connectivity index (χ0) is 10.9. The van der Waals surface area contributed by atoms with E-state index in [1.807, 2.05) is 0 Å². The van der Waals surface area contributed by atoms with Gasteiger partial charge < -0.3 is 4.90 Å². The lowest BCUT2D eigenvalue weighted by Crippen LogP contribution is -2.25. The lowest BCUT2D eigenvalue weighted by atomic mass is 9.96. The van der Waals surface area contributed by atoms with Crippen LogP contribution in [0.3, 0.4) is 0 Å². The standard InChI is InChI=1S/C13H23N/c1-7-14(6)8-13-11(4)9(2)10(3)12(13)5/h13H,7-8H2,1-6H3. The molecule has 0 aromatic carbocycles. The van der Waals surface area contributed by atoms with Crippen molar-refractivity contribution in [2.45, 2.75) is 34.6 Å². The highest BCUT2D eigenvalue weighted by atomic mass is 15.1. The zero-order valence-corrected chi connectivity index (χ0v) is 10.4. The van der Waals surface area contributed by atoms with E-state index in [4.69, 9.17) is 0 Å². The van der Waals surface area contributed by atoms with Crippen LogP contribution in [-0.2, 0) is 0 Å². The quantitative estimate of drug-likeness (QED) is 0.665. The molecular formula is C13H23N. The minimum absolute atomic E-state index is 0.667. The molecule has 1 aliphatic rings. The van der Waals surface area contributed by atoms with Gasteiger partial charge in [-0.1, -0.05) is 18.1 Å². The first kappa shape index (κ1) is 11.5. The van der Waals surface area contributed by atoms with Gasteiger partial charge in [-0.15, -0.1) is 0 Å². The summed E-state index contributed by atoms with van der Waals surface area (Å²) in [6, 6.07) is 0. The number of rotatable bonds is 3. The predicted octanol–water partition coefficient (Wildman–Crippen LogP) is 3.24. The normalized spacial score (nSPS) is 19.1. The van der Waals surface area contributed by atoms with Crippen LogP contribution < -0.4 is 0 Å². The molecule has 0 bridgehead atoms. The fourth-order valence-corrected chi connectivity index (χ4v) is 2.15. The van der Waals surface area contributed by atoms with E-state index >= 15 is 0 Å². The molecule has 1 rings (SSSR count). The third-order valence-corrected chi connectivity index (χ3v) is 3.82. The summed E-state index contributed by atoms with van der Waals surface area (Å²) in [6.07, 6.45) is 0. The zero-order valence-electron chi connectivity index (χ0n) is 10.4. The van der Waals surface area contributed by atoms with Gasteiger partial charge in [-0.25, -0.2) is 0 Å². The van der Waals surface area contributed by atoms with Gasteiger partial charge in [-0.05, 0) is 52.4 Å². The maximum atomic E-state index is 2.39. The maximum absolute atomic E-state index is 2.39. The SMILES string of the molecule is CCN(C)CC1C(C)=C(C)C(C)=C1C. The highest BCUT2D eigenvalue weighted by Crippen LogP contribution is 2.36. The molecular weight excluding hydrogens is 170 g/mol. The summed E-state index contributed by atoms with van der Waals surface area (Å²) < 4.78 is 0. The smallest absolute Gasteiger partial charge is 0.0140 e. The summed E-state index contributed by atoms with van der Waals surface area (Å²) in [7, 11) is 2.20. The molecule has 1 nitrogen and oxygen atoms in total. The van der Waals surface area contributed by atoms with Crippen molar-refractivity contribution in [3.05, 3.63) is 22.3 Å². The number of allylic oxidation sites excluding steroid dienone is 2. The predicted molar refractivity (Wildman–Crippen MR) is 63.4 cm³/mol. The van der Waals surface area contributed by atoms with Gasteiger partial charge in [0, 0.05) is 12.5 Å². The third-order valence-electron chi connectivity index (χ3n) is 3.82. The monoisotopic (exact) mass is 193 g/mol. The molecule has 0 fully saturated rings. The second-order valence-electron chi connectivity index (χ2n) is 4.52. The van der Waals surface area contributed by atoms with Crippen molar-refractivity contribution in [1.82, 2.24) is 4.90 Å².